The van der Waals surface area contributed by atoms with Gasteiger partial charge in [-0.2, -0.15) is 0 Å². The maximum absolute atomic E-state index is 12.2. The molecule has 0 radical (unpaired) electrons. The minimum absolute atomic E-state index is 0.0796. The van der Waals surface area contributed by atoms with E-state index in [0.29, 0.717) is 0 Å². The number of nitrogens with zero attached hydrogens (tertiary/aromatic N) is 1. The summed E-state index contributed by atoms with van der Waals surface area (Å²) < 4.78 is 10.9. The van der Waals surface area contributed by atoms with Crippen molar-refractivity contribution in [3.05, 3.63) is 12.3 Å². The van der Waals surface area contributed by atoms with Crippen molar-refractivity contribution < 1.29 is 19.4 Å². The molecule has 0 aromatic rings. The van der Waals surface area contributed by atoms with Gasteiger partial charge in [-0.05, 0) is 26.7 Å². The van der Waals surface area contributed by atoms with Crippen LogP contribution >= 0.6 is 0 Å². The molecule has 0 aliphatic carbocycles. The summed E-state index contributed by atoms with van der Waals surface area (Å²) in [5.74, 6) is 0.0332. The van der Waals surface area contributed by atoms with Gasteiger partial charge in [-0.3, -0.25) is 4.90 Å². The van der Waals surface area contributed by atoms with E-state index in [2.05, 4.69) is 6.58 Å². The van der Waals surface area contributed by atoms with E-state index < -0.39 is 24.0 Å². The molecule has 0 saturated carbocycles. The second-order valence-corrected chi connectivity index (χ2v) is 5.86. The van der Waals surface area contributed by atoms with E-state index in [0.717, 1.165) is 0 Å². The fourth-order valence-corrected chi connectivity index (χ4v) is 1.84. The fourth-order valence-electron chi connectivity index (χ4n) is 1.84. The van der Waals surface area contributed by atoms with Gasteiger partial charge in [0, 0.05) is 0 Å². The Bertz CT molecular complexity index is 332. The molecule has 0 aromatic heterocycles. The zero-order valence-electron chi connectivity index (χ0n) is 11.8. The first-order valence-corrected chi connectivity index (χ1v) is 6.14. The first kappa shape index (κ1) is 14.8. The average molecular weight is 257 g/mol. The molecule has 0 unspecified atom stereocenters. The lowest BCUT2D eigenvalue weighted by Gasteiger charge is -2.32. The van der Waals surface area contributed by atoms with E-state index in [-0.39, 0.29) is 18.3 Å². The Labute approximate surface area is 108 Å². The number of carbonyl (C=O) groups excluding carboxylic acids is 1. The molecule has 1 heterocycles. The number of aliphatic hydroxyl groups is 1. The molecule has 18 heavy (non-hydrogen) atoms. The monoisotopic (exact) mass is 257 g/mol. The van der Waals surface area contributed by atoms with Gasteiger partial charge < -0.3 is 14.6 Å². The minimum atomic E-state index is -0.581. The number of hydrogen-bond donors (Lipinski definition) is 1. The van der Waals surface area contributed by atoms with Crippen LogP contribution in [0.25, 0.3) is 0 Å². The van der Waals surface area contributed by atoms with Crippen LogP contribution in [0.4, 0.5) is 4.79 Å². The number of aliphatic hydroxyl groups excluding tert-OH is 1. The number of amides is 1. The van der Waals surface area contributed by atoms with Crippen LogP contribution in [0.2, 0.25) is 0 Å². The van der Waals surface area contributed by atoms with Crippen LogP contribution in [0, 0.1) is 5.92 Å². The van der Waals surface area contributed by atoms with E-state index in [1.807, 2.05) is 13.8 Å². The van der Waals surface area contributed by atoms with Crippen molar-refractivity contribution in [2.75, 3.05) is 6.61 Å². The maximum atomic E-state index is 12.2. The average Bonchev–Trinajstić information content (AvgIpc) is 2.58. The van der Waals surface area contributed by atoms with Gasteiger partial charge in [0.1, 0.15) is 23.6 Å². The minimum Gasteiger partial charge on any atom is -0.511 e. The Hall–Kier alpha value is -1.23. The highest BCUT2D eigenvalue weighted by Gasteiger charge is 2.43. The lowest BCUT2D eigenvalue weighted by molar-refractivity contribution is -0.0301. The number of carbonyl (C=O) groups is 1. The Kier molecular flexibility index (Phi) is 4.27. The Balaban J connectivity index is 2.89. The highest BCUT2D eigenvalue weighted by molar-refractivity contribution is 5.69. The third-order valence-electron chi connectivity index (χ3n) is 2.59. The van der Waals surface area contributed by atoms with Crippen LogP contribution in [0.15, 0.2) is 12.3 Å². The molecule has 1 rings (SSSR count). The molecule has 1 aliphatic rings. The molecule has 5 heteroatoms. The predicted molar refractivity (Wildman–Crippen MR) is 68.2 cm³/mol. The molecule has 1 N–H and O–H groups in total. The maximum Gasteiger partial charge on any atom is 0.413 e. The molecule has 1 aliphatic heterocycles. The molecule has 5 nitrogen and oxygen atoms in total. The predicted octanol–water partition coefficient (Wildman–Crippen LogP) is 2.68. The molecule has 1 amide bonds. The second kappa shape index (κ2) is 5.18. The Morgan fingerprint density at radius 2 is 2.06 bits per heavy atom. The van der Waals surface area contributed by atoms with E-state index in [1.54, 1.807) is 20.8 Å². The third-order valence-corrected chi connectivity index (χ3v) is 2.59. The van der Waals surface area contributed by atoms with Crippen molar-refractivity contribution in [2.45, 2.75) is 52.5 Å². The number of hydrogen-bond acceptors (Lipinski definition) is 4. The number of rotatable bonds is 2. The highest BCUT2D eigenvalue weighted by atomic mass is 16.6. The lowest BCUT2D eigenvalue weighted by atomic mass is 10.1. The van der Waals surface area contributed by atoms with Gasteiger partial charge in [0.15, 0.2) is 0 Å². The van der Waals surface area contributed by atoms with E-state index in [4.69, 9.17) is 9.47 Å². The van der Waals surface area contributed by atoms with E-state index >= 15 is 0 Å². The summed E-state index contributed by atoms with van der Waals surface area (Å²) in [5, 5.41) is 9.55. The number of ether oxygens (including phenoxy) is 2. The van der Waals surface area contributed by atoms with Crippen LogP contribution in [-0.4, -0.2) is 40.6 Å². The molecule has 104 valence electrons. The quantitative estimate of drug-likeness (QED) is 0.773. The summed E-state index contributed by atoms with van der Waals surface area (Å²) >= 11 is 0. The summed E-state index contributed by atoms with van der Waals surface area (Å²) in [6, 6.07) is -0.535. The SMILES string of the molecule is C=C(O)[C@H]1CO[C@@H](C(C)C)N1C(=O)OC(C)(C)C. The van der Waals surface area contributed by atoms with Gasteiger partial charge in [0.25, 0.3) is 0 Å². The first-order valence-electron chi connectivity index (χ1n) is 6.14. The molecular formula is C13H23NO4. The zero-order chi connectivity index (χ0) is 14.1. The lowest BCUT2D eigenvalue weighted by Crippen LogP contribution is -2.47. The van der Waals surface area contributed by atoms with Crippen molar-refractivity contribution >= 4 is 6.09 Å². The van der Waals surface area contributed by atoms with Crippen LogP contribution in [-0.2, 0) is 9.47 Å². The van der Waals surface area contributed by atoms with E-state index in [9.17, 15) is 9.90 Å². The fraction of sp³-hybridized carbons (Fsp3) is 0.769. The van der Waals surface area contributed by atoms with Gasteiger partial charge in [0.05, 0.1) is 6.61 Å². The van der Waals surface area contributed by atoms with Crippen LogP contribution in [0.5, 0.6) is 0 Å². The molecule has 0 bridgehead atoms. The summed E-state index contributed by atoms with van der Waals surface area (Å²) in [7, 11) is 0. The van der Waals surface area contributed by atoms with Crippen molar-refractivity contribution in [1.29, 1.82) is 0 Å². The van der Waals surface area contributed by atoms with Crippen LogP contribution < -0.4 is 0 Å². The standard InChI is InChI=1S/C13H23NO4/c1-8(2)11-14(10(7-17-11)9(3)15)12(16)18-13(4,5)6/h8,10-11,15H,3,7H2,1-2,4-6H3/t10-,11+/m1/s1. The first-order chi connectivity index (χ1) is 8.13. The van der Waals surface area contributed by atoms with Crippen LogP contribution in [0.3, 0.4) is 0 Å². The summed E-state index contributed by atoms with van der Waals surface area (Å²) in [6.45, 7) is 13.0. The van der Waals surface area contributed by atoms with E-state index in [1.165, 1.54) is 4.90 Å². The van der Waals surface area contributed by atoms with Gasteiger partial charge >= 0.3 is 6.09 Å². The summed E-state index contributed by atoms with van der Waals surface area (Å²) in [5.41, 5.74) is -0.581. The normalized spacial score (nSPS) is 24.4. The van der Waals surface area contributed by atoms with Crippen molar-refractivity contribution in [1.82, 2.24) is 4.90 Å². The van der Waals surface area contributed by atoms with Crippen LogP contribution in [0.1, 0.15) is 34.6 Å². The Morgan fingerprint density at radius 1 is 1.50 bits per heavy atom. The van der Waals surface area contributed by atoms with Crippen molar-refractivity contribution in [3.63, 3.8) is 0 Å². The van der Waals surface area contributed by atoms with Gasteiger partial charge in [-0.25, -0.2) is 4.79 Å². The summed E-state index contributed by atoms with van der Waals surface area (Å²) in [4.78, 5) is 13.6. The van der Waals surface area contributed by atoms with Crippen molar-refractivity contribution in [3.8, 4) is 0 Å². The third kappa shape index (κ3) is 3.38. The molecular weight excluding hydrogens is 234 g/mol. The van der Waals surface area contributed by atoms with Crippen molar-refractivity contribution in [2.24, 2.45) is 5.92 Å². The van der Waals surface area contributed by atoms with Gasteiger partial charge in [-0.1, -0.05) is 20.4 Å². The topological polar surface area (TPSA) is 59.0 Å². The van der Waals surface area contributed by atoms with Gasteiger partial charge in [0.2, 0.25) is 0 Å². The zero-order valence-corrected chi connectivity index (χ0v) is 11.8. The highest BCUT2D eigenvalue weighted by Crippen LogP contribution is 2.27. The smallest absolute Gasteiger partial charge is 0.413 e. The van der Waals surface area contributed by atoms with Gasteiger partial charge in [-0.15, -0.1) is 0 Å². The molecule has 2 atom stereocenters. The molecule has 0 spiro atoms. The second-order valence-electron chi connectivity index (χ2n) is 5.86. The molecule has 1 saturated heterocycles. The molecule has 0 aromatic carbocycles. The molecule has 1 fully saturated rings. The summed E-state index contributed by atoms with van der Waals surface area (Å²) in [6.07, 6.45) is -0.882. The Morgan fingerprint density at radius 3 is 2.44 bits per heavy atom. The largest absolute Gasteiger partial charge is 0.511 e.